The van der Waals surface area contributed by atoms with Crippen molar-refractivity contribution in [2.75, 3.05) is 26.7 Å². The number of hydrogen-bond donors (Lipinski definition) is 2. The van der Waals surface area contributed by atoms with E-state index in [1.807, 2.05) is 10.6 Å². The third-order valence-corrected chi connectivity index (χ3v) is 5.18. The molecule has 0 fully saturated rings. The number of aromatic nitrogens is 3. The molecule has 0 aliphatic carbocycles. The van der Waals surface area contributed by atoms with Crippen molar-refractivity contribution < 1.29 is 18.6 Å². The summed E-state index contributed by atoms with van der Waals surface area (Å²) in [6.07, 6.45) is 4.59. The van der Waals surface area contributed by atoms with Gasteiger partial charge in [0.25, 0.3) is 0 Å². The van der Waals surface area contributed by atoms with E-state index in [2.05, 4.69) is 20.3 Å². The van der Waals surface area contributed by atoms with Crippen molar-refractivity contribution in [1.82, 2.24) is 19.9 Å². The maximum Gasteiger partial charge on any atom is 0.225 e. The van der Waals surface area contributed by atoms with Crippen LogP contribution in [-0.2, 0) is 31.7 Å². The fraction of sp³-hybridized carbons (Fsp3) is 0.438. The van der Waals surface area contributed by atoms with Gasteiger partial charge in [-0.05, 0) is 11.6 Å². The summed E-state index contributed by atoms with van der Waals surface area (Å²) in [4.78, 5) is 12.6. The van der Waals surface area contributed by atoms with Gasteiger partial charge < -0.3 is 29.6 Å². The van der Waals surface area contributed by atoms with Gasteiger partial charge in [0.15, 0.2) is 18.0 Å². The second-order valence-corrected chi connectivity index (χ2v) is 8.63. The monoisotopic (exact) mass is 394 g/mol. The maximum absolute atomic E-state index is 12.5. The van der Waals surface area contributed by atoms with Crippen molar-refractivity contribution in [1.29, 1.82) is 0 Å². The first kappa shape index (κ1) is 19.5. The van der Waals surface area contributed by atoms with Crippen LogP contribution in [0.5, 0.6) is 0 Å². The van der Waals surface area contributed by atoms with Crippen molar-refractivity contribution in [2.24, 2.45) is 10.7 Å². The second-order valence-electron chi connectivity index (χ2n) is 6.09. The van der Waals surface area contributed by atoms with E-state index in [0.717, 1.165) is 5.56 Å². The zero-order valence-electron chi connectivity index (χ0n) is 15.2. The molecule has 0 saturated carbocycles. The number of nitrogens with zero attached hydrogens (tertiary/aromatic N) is 4. The number of methoxy groups -OCH3 is 1. The third-order valence-electron chi connectivity index (χ3n) is 3.86. The van der Waals surface area contributed by atoms with Crippen molar-refractivity contribution >= 4 is 19.1 Å². The van der Waals surface area contributed by atoms with Gasteiger partial charge in [-0.15, -0.1) is 0 Å². The molecule has 0 saturated heterocycles. The lowest BCUT2D eigenvalue weighted by molar-refractivity contribution is 0.0864. The van der Waals surface area contributed by atoms with Gasteiger partial charge in [-0.1, -0.05) is 6.07 Å². The van der Waals surface area contributed by atoms with Gasteiger partial charge in [0.05, 0.1) is 19.5 Å². The Hall–Kier alpha value is -2.26. The van der Waals surface area contributed by atoms with Crippen LogP contribution in [0.2, 0.25) is 0 Å². The molecule has 2 atom stereocenters. The Morgan fingerprint density at radius 3 is 3.04 bits per heavy atom. The molecule has 10 nitrogen and oxygen atoms in total. The first-order valence-electron chi connectivity index (χ1n) is 8.35. The van der Waals surface area contributed by atoms with Crippen LogP contribution >= 0.6 is 7.37 Å². The molecule has 0 spiro atoms. The van der Waals surface area contributed by atoms with Crippen LogP contribution in [0.25, 0.3) is 0 Å². The van der Waals surface area contributed by atoms with Crippen LogP contribution < -0.4 is 11.1 Å². The fourth-order valence-corrected chi connectivity index (χ4v) is 3.46. The van der Waals surface area contributed by atoms with E-state index in [4.69, 9.17) is 19.7 Å². The number of aliphatic imine (C=N–C) groups is 1. The molecular weight excluding hydrogens is 371 g/mol. The summed E-state index contributed by atoms with van der Waals surface area (Å²) in [5.41, 5.74) is 7.29. The van der Waals surface area contributed by atoms with Crippen LogP contribution in [0.3, 0.4) is 0 Å². The molecule has 0 aromatic carbocycles. The van der Waals surface area contributed by atoms with Crippen molar-refractivity contribution in [3.8, 4) is 0 Å². The summed E-state index contributed by atoms with van der Waals surface area (Å²) < 4.78 is 30.6. The second kappa shape index (κ2) is 8.62. The number of rotatable bonds is 9. The number of fused-ring (bicyclic) bond motifs is 1. The average Bonchev–Trinajstić information content (AvgIpc) is 3.06. The predicted octanol–water partition coefficient (Wildman–Crippen LogP) is 1.57. The van der Waals surface area contributed by atoms with Gasteiger partial charge in [-0.2, -0.15) is 4.99 Å². The normalized spacial score (nSPS) is 18.3. The first-order chi connectivity index (χ1) is 13.0. The zero-order chi connectivity index (χ0) is 19.3. The molecule has 146 valence electrons. The summed E-state index contributed by atoms with van der Waals surface area (Å²) >= 11 is 0. The van der Waals surface area contributed by atoms with Gasteiger partial charge >= 0.3 is 0 Å². The molecule has 3 rings (SSSR count). The van der Waals surface area contributed by atoms with Crippen molar-refractivity contribution in [3.05, 3.63) is 42.1 Å². The number of pyridine rings is 1. The highest BCUT2D eigenvalue weighted by Crippen LogP contribution is 2.43. The highest BCUT2D eigenvalue weighted by atomic mass is 31.2. The molecule has 0 amide bonds. The zero-order valence-corrected chi connectivity index (χ0v) is 16.1. The minimum Gasteiger partial charge on any atom is -0.370 e. The standard InChI is InChI=1S/C16H23N6O4P/c1-24-15-13-14(20-16(17)21-15)22(10-19-13)6-7-25-11-27(2,23)26-9-12-4-3-5-18-8-12/h3-5,8,10,15H,6-7,9,11H2,1-2H3,(H3,17,20,21). The third kappa shape index (κ3) is 5.14. The van der Waals surface area contributed by atoms with Crippen LogP contribution in [0.15, 0.2) is 35.8 Å². The van der Waals surface area contributed by atoms with Gasteiger partial charge in [0.1, 0.15) is 12.0 Å². The molecular formula is C16H23N6O4P. The lowest BCUT2D eigenvalue weighted by Crippen LogP contribution is -2.38. The van der Waals surface area contributed by atoms with Gasteiger partial charge in [-0.3, -0.25) is 9.55 Å². The number of nitrogens with one attached hydrogen (secondary N) is 1. The van der Waals surface area contributed by atoms with Crippen LogP contribution in [-0.4, -0.2) is 47.2 Å². The van der Waals surface area contributed by atoms with E-state index >= 15 is 0 Å². The molecule has 27 heavy (non-hydrogen) atoms. The van der Waals surface area contributed by atoms with Gasteiger partial charge in [-0.25, -0.2) is 4.98 Å². The van der Waals surface area contributed by atoms with Crippen molar-refractivity contribution in [2.45, 2.75) is 19.4 Å². The van der Waals surface area contributed by atoms with E-state index in [-0.39, 0.29) is 18.9 Å². The average molecular weight is 394 g/mol. The summed E-state index contributed by atoms with van der Waals surface area (Å²) in [6, 6.07) is 3.67. The summed E-state index contributed by atoms with van der Waals surface area (Å²) in [5, 5.41) is 2.89. The van der Waals surface area contributed by atoms with E-state index in [0.29, 0.717) is 24.7 Å². The SMILES string of the molecule is COC1NC(N)=Nc2c1ncn2CCOCP(C)(=O)OCc1cccnc1. The molecule has 2 unspecified atom stereocenters. The fourth-order valence-electron chi connectivity index (χ4n) is 2.51. The Morgan fingerprint density at radius 1 is 1.44 bits per heavy atom. The van der Waals surface area contributed by atoms with Crippen LogP contribution in [0, 0.1) is 0 Å². The number of nitrogens with two attached hydrogens (primary N) is 1. The van der Waals surface area contributed by atoms with Crippen LogP contribution in [0.4, 0.5) is 5.82 Å². The number of guanidine groups is 1. The summed E-state index contributed by atoms with van der Waals surface area (Å²) in [6.45, 7) is 2.61. The highest BCUT2D eigenvalue weighted by molar-refractivity contribution is 7.57. The summed E-state index contributed by atoms with van der Waals surface area (Å²) in [7, 11) is -1.30. The largest absolute Gasteiger partial charge is 0.370 e. The molecule has 0 radical (unpaired) electrons. The lowest BCUT2D eigenvalue weighted by atomic mass is 10.3. The Labute approximate surface area is 157 Å². The number of hydrogen-bond acceptors (Lipinski definition) is 9. The molecule has 1 aliphatic heterocycles. The Morgan fingerprint density at radius 2 is 2.30 bits per heavy atom. The highest BCUT2D eigenvalue weighted by Gasteiger charge is 2.25. The Kier molecular flexibility index (Phi) is 6.22. The molecule has 0 bridgehead atoms. The first-order valence-corrected chi connectivity index (χ1v) is 10.6. The minimum atomic E-state index is -2.86. The lowest BCUT2D eigenvalue weighted by Gasteiger charge is -2.21. The summed E-state index contributed by atoms with van der Waals surface area (Å²) in [5.74, 6) is 0.882. The molecule has 2 aromatic heterocycles. The van der Waals surface area contributed by atoms with E-state index in [9.17, 15) is 4.57 Å². The molecule has 11 heteroatoms. The predicted molar refractivity (Wildman–Crippen MR) is 99.8 cm³/mol. The van der Waals surface area contributed by atoms with E-state index < -0.39 is 13.6 Å². The quantitative estimate of drug-likeness (QED) is 0.485. The number of imidazole rings is 1. The topological polar surface area (TPSA) is 126 Å². The smallest absolute Gasteiger partial charge is 0.225 e. The molecule has 3 N–H and O–H groups in total. The van der Waals surface area contributed by atoms with Crippen LogP contribution in [0.1, 0.15) is 17.5 Å². The van der Waals surface area contributed by atoms with E-state index in [1.165, 1.54) is 0 Å². The Bertz CT molecular complexity index is 841. The number of ether oxygens (including phenoxy) is 2. The maximum atomic E-state index is 12.5. The molecule has 3 heterocycles. The molecule has 2 aromatic rings. The van der Waals surface area contributed by atoms with Gasteiger partial charge in [0.2, 0.25) is 7.37 Å². The van der Waals surface area contributed by atoms with Gasteiger partial charge in [0, 0.05) is 32.7 Å². The molecule has 1 aliphatic rings. The minimum absolute atomic E-state index is 0.0256. The Balaban J connectivity index is 1.48. The van der Waals surface area contributed by atoms with Crippen molar-refractivity contribution in [3.63, 3.8) is 0 Å². The van der Waals surface area contributed by atoms with E-state index in [1.54, 1.807) is 38.6 Å².